The van der Waals surface area contributed by atoms with Gasteiger partial charge in [-0.1, -0.05) is 0 Å². The third-order valence-corrected chi connectivity index (χ3v) is 2.69. The van der Waals surface area contributed by atoms with Crippen molar-refractivity contribution in [1.29, 1.82) is 0 Å². The first-order valence-corrected chi connectivity index (χ1v) is 5.84. The molecule has 0 aliphatic rings. The van der Waals surface area contributed by atoms with Crippen molar-refractivity contribution in [1.82, 2.24) is 10.2 Å². The van der Waals surface area contributed by atoms with E-state index in [0.717, 1.165) is 13.0 Å². The Morgan fingerprint density at radius 1 is 1.41 bits per heavy atom. The van der Waals surface area contributed by atoms with Gasteiger partial charge in [-0.3, -0.25) is 0 Å². The van der Waals surface area contributed by atoms with Crippen molar-refractivity contribution in [2.45, 2.75) is 25.9 Å². The van der Waals surface area contributed by atoms with Crippen molar-refractivity contribution in [3.8, 4) is 5.75 Å². The SMILES string of the molecule is CC(CCN(C)C)NCc1cc(F)ccc1O. The van der Waals surface area contributed by atoms with Crippen molar-refractivity contribution in [2.75, 3.05) is 20.6 Å². The maximum Gasteiger partial charge on any atom is 0.123 e. The fourth-order valence-electron chi connectivity index (χ4n) is 1.53. The van der Waals surface area contributed by atoms with Gasteiger partial charge in [-0.15, -0.1) is 0 Å². The second-order valence-corrected chi connectivity index (χ2v) is 4.65. The van der Waals surface area contributed by atoms with Crippen LogP contribution in [0.5, 0.6) is 5.75 Å². The number of phenolic OH excluding ortho intramolecular Hbond substituents is 1. The summed E-state index contributed by atoms with van der Waals surface area (Å²) in [5.74, 6) is -0.181. The lowest BCUT2D eigenvalue weighted by Crippen LogP contribution is -2.29. The molecule has 0 saturated heterocycles. The molecule has 1 atom stereocenters. The van der Waals surface area contributed by atoms with Crippen LogP contribution in [0.3, 0.4) is 0 Å². The first-order valence-electron chi connectivity index (χ1n) is 5.84. The summed E-state index contributed by atoms with van der Waals surface area (Å²) in [5.41, 5.74) is 0.599. The smallest absolute Gasteiger partial charge is 0.123 e. The topological polar surface area (TPSA) is 35.5 Å². The lowest BCUT2D eigenvalue weighted by Gasteiger charge is -2.17. The summed E-state index contributed by atoms with van der Waals surface area (Å²) in [4.78, 5) is 2.12. The van der Waals surface area contributed by atoms with Gasteiger partial charge in [0.15, 0.2) is 0 Å². The molecule has 0 bridgehead atoms. The standard InChI is InChI=1S/C13H21FN2O/c1-10(6-7-16(2)3)15-9-11-8-12(14)4-5-13(11)17/h4-5,8,10,15,17H,6-7,9H2,1-3H3. The Morgan fingerprint density at radius 2 is 2.12 bits per heavy atom. The fraction of sp³-hybridized carbons (Fsp3) is 0.538. The Labute approximate surface area is 102 Å². The lowest BCUT2D eigenvalue weighted by atomic mass is 10.1. The third-order valence-electron chi connectivity index (χ3n) is 2.69. The highest BCUT2D eigenvalue weighted by Gasteiger charge is 2.06. The zero-order chi connectivity index (χ0) is 12.8. The second kappa shape index (κ2) is 6.57. The minimum atomic E-state index is -0.319. The van der Waals surface area contributed by atoms with Gasteiger partial charge in [-0.25, -0.2) is 4.39 Å². The highest BCUT2D eigenvalue weighted by Crippen LogP contribution is 2.17. The normalized spacial score (nSPS) is 13.0. The van der Waals surface area contributed by atoms with Gasteiger partial charge in [0.2, 0.25) is 0 Å². The number of aromatic hydroxyl groups is 1. The van der Waals surface area contributed by atoms with Crippen LogP contribution in [0.15, 0.2) is 18.2 Å². The van der Waals surface area contributed by atoms with E-state index < -0.39 is 0 Å². The first kappa shape index (κ1) is 13.9. The van der Waals surface area contributed by atoms with Gasteiger partial charge in [0.25, 0.3) is 0 Å². The summed E-state index contributed by atoms with van der Waals surface area (Å²) < 4.78 is 13.0. The van der Waals surface area contributed by atoms with Gasteiger partial charge < -0.3 is 15.3 Å². The summed E-state index contributed by atoms with van der Waals surface area (Å²) in [7, 11) is 4.07. The largest absolute Gasteiger partial charge is 0.508 e. The Bertz CT molecular complexity index is 355. The van der Waals surface area contributed by atoms with Gasteiger partial charge in [-0.05, 0) is 52.2 Å². The molecule has 0 heterocycles. The van der Waals surface area contributed by atoms with Crippen molar-refractivity contribution in [3.63, 3.8) is 0 Å². The molecule has 0 aromatic heterocycles. The molecule has 96 valence electrons. The molecule has 1 rings (SSSR count). The molecule has 4 heteroatoms. The van der Waals surface area contributed by atoms with Gasteiger partial charge in [0.1, 0.15) is 11.6 Å². The zero-order valence-corrected chi connectivity index (χ0v) is 10.7. The number of nitrogens with zero attached hydrogens (tertiary/aromatic N) is 1. The van der Waals surface area contributed by atoms with Gasteiger partial charge in [-0.2, -0.15) is 0 Å². The second-order valence-electron chi connectivity index (χ2n) is 4.65. The predicted molar refractivity (Wildman–Crippen MR) is 67.5 cm³/mol. The minimum absolute atomic E-state index is 0.138. The van der Waals surface area contributed by atoms with E-state index >= 15 is 0 Å². The molecule has 0 saturated carbocycles. The van der Waals surface area contributed by atoms with Crippen molar-refractivity contribution in [2.24, 2.45) is 0 Å². The molecular weight excluding hydrogens is 219 g/mol. The Morgan fingerprint density at radius 3 is 2.76 bits per heavy atom. The van der Waals surface area contributed by atoms with Gasteiger partial charge in [0.05, 0.1) is 0 Å². The van der Waals surface area contributed by atoms with Crippen LogP contribution >= 0.6 is 0 Å². The van der Waals surface area contributed by atoms with E-state index in [1.807, 2.05) is 14.1 Å². The number of benzene rings is 1. The molecular formula is C13H21FN2O. The van der Waals surface area contributed by atoms with Crippen molar-refractivity contribution in [3.05, 3.63) is 29.6 Å². The first-order chi connectivity index (χ1) is 7.99. The Hall–Kier alpha value is -1.13. The summed E-state index contributed by atoms with van der Waals surface area (Å²) in [5, 5.41) is 12.8. The van der Waals surface area contributed by atoms with E-state index in [0.29, 0.717) is 18.2 Å². The lowest BCUT2D eigenvalue weighted by molar-refractivity contribution is 0.364. The van der Waals surface area contributed by atoms with Crippen LogP contribution < -0.4 is 5.32 Å². The van der Waals surface area contributed by atoms with Crippen LogP contribution in [0.2, 0.25) is 0 Å². The quantitative estimate of drug-likeness (QED) is 0.798. The van der Waals surface area contributed by atoms with Crippen LogP contribution in [0.1, 0.15) is 18.9 Å². The highest BCUT2D eigenvalue weighted by molar-refractivity contribution is 5.32. The van der Waals surface area contributed by atoms with Crippen LogP contribution in [-0.2, 0) is 6.54 Å². The van der Waals surface area contributed by atoms with E-state index in [9.17, 15) is 9.50 Å². The molecule has 0 radical (unpaired) electrons. The highest BCUT2D eigenvalue weighted by atomic mass is 19.1. The molecule has 0 spiro atoms. The summed E-state index contributed by atoms with van der Waals surface area (Å²) in [6.45, 7) is 3.57. The summed E-state index contributed by atoms with van der Waals surface area (Å²) in [6.07, 6.45) is 1.02. The molecule has 1 aromatic rings. The molecule has 0 aliphatic heterocycles. The molecule has 0 aliphatic carbocycles. The van der Waals surface area contributed by atoms with Gasteiger partial charge in [0, 0.05) is 18.2 Å². The predicted octanol–water partition coefficient (Wildman–Crippen LogP) is 1.96. The maximum atomic E-state index is 13.0. The number of rotatable bonds is 6. The molecule has 2 N–H and O–H groups in total. The molecule has 3 nitrogen and oxygen atoms in total. The average Bonchev–Trinajstić information content (AvgIpc) is 2.27. The monoisotopic (exact) mass is 240 g/mol. The number of phenols is 1. The van der Waals surface area contributed by atoms with Crippen molar-refractivity contribution < 1.29 is 9.50 Å². The van der Waals surface area contributed by atoms with E-state index in [-0.39, 0.29) is 11.6 Å². The zero-order valence-electron chi connectivity index (χ0n) is 10.7. The molecule has 0 amide bonds. The van der Waals surface area contributed by atoms with E-state index in [2.05, 4.69) is 17.1 Å². The van der Waals surface area contributed by atoms with E-state index in [4.69, 9.17) is 0 Å². The molecule has 1 aromatic carbocycles. The van der Waals surface area contributed by atoms with E-state index in [1.165, 1.54) is 18.2 Å². The van der Waals surface area contributed by atoms with Crippen LogP contribution in [0.25, 0.3) is 0 Å². The number of nitrogens with one attached hydrogen (secondary N) is 1. The van der Waals surface area contributed by atoms with Crippen molar-refractivity contribution >= 4 is 0 Å². The number of hydrogen-bond donors (Lipinski definition) is 2. The van der Waals surface area contributed by atoms with Crippen LogP contribution in [-0.4, -0.2) is 36.7 Å². The summed E-state index contributed by atoms with van der Waals surface area (Å²) >= 11 is 0. The molecule has 17 heavy (non-hydrogen) atoms. The fourth-order valence-corrected chi connectivity index (χ4v) is 1.53. The number of halogens is 1. The van der Waals surface area contributed by atoms with E-state index in [1.54, 1.807) is 0 Å². The molecule has 1 unspecified atom stereocenters. The molecule has 0 fully saturated rings. The Balaban J connectivity index is 2.41. The van der Waals surface area contributed by atoms with Crippen LogP contribution in [0.4, 0.5) is 4.39 Å². The maximum absolute atomic E-state index is 13.0. The third kappa shape index (κ3) is 5.15. The number of hydrogen-bond acceptors (Lipinski definition) is 3. The Kier molecular flexibility index (Phi) is 5.38. The summed E-state index contributed by atoms with van der Waals surface area (Å²) in [6, 6.07) is 4.34. The van der Waals surface area contributed by atoms with Crippen LogP contribution in [0, 0.1) is 5.82 Å². The average molecular weight is 240 g/mol. The minimum Gasteiger partial charge on any atom is -0.508 e. The van der Waals surface area contributed by atoms with Gasteiger partial charge >= 0.3 is 0 Å².